The van der Waals surface area contributed by atoms with Crippen molar-refractivity contribution in [1.29, 1.82) is 0 Å². The second kappa shape index (κ2) is 7.81. The van der Waals surface area contributed by atoms with Gasteiger partial charge in [0.1, 0.15) is 0 Å². The van der Waals surface area contributed by atoms with Gasteiger partial charge in [0.15, 0.2) is 4.80 Å². The number of nitro groups is 1. The van der Waals surface area contributed by atoms with Gasteiger partial charge >= 0.3 is 0 Å². The van der Waals surface area contributed by atoms with Crippen molar-refractivity contribution in [2.45, 2.75) is 13.0 Å². The molecule has 1 aromatic heterocycles. The normalized spacial score (nSPS) is 11.8. The molecule has 0 aliphatic rings. The Morgan fingerprint density at radius 2 is 1.93 bits per heavy atom. The number of rotatable bonds is 5. The van der Waals surface area contributed by atoms with Gasteiger partial charge in [-0.15, -0.1) is 6.58 Å². The van der Waals surface area contributed by atoms with Gasteiger partial charge in [-0.05, 0) is 22.4 Å². The van der Waals surface area contributed by atoms with Gasteiger partial charge in [0.2, 0.25) is 0 Å². The molecule has 4 aromatic rings. The Bertz CT molecular complexity index is 1330. The average molecular weight is 403 g/mol. The van der Waals surface area contributed by atoms with Crippen LogP contribution in [-0.2, 0) is 17.8 Å². The predicted octanol–water partition coefficient (Wildman–Crippen LogP) is 4.62. The molecule has 4 rings (SSSR count). The van der Waals surface area contributed by atoms with Crippen LogP contribution in [-0.4, -0.2) is 15.4 Å². The van der Waals surface area contributed by atoms with Crippen LogP contribution < -0.4 is 4.80 Å². The Kier molecular flexibility index (Phi) is 5.05. The Morgan fingerprint density at radius 1 is 1.14 bits per heavy atom. The third-order valence-electron chi connectivity index (χ3n) is 4.58. The molecule has 6 nitrogen and oxygen atoms in total. The fourth-order valence-corrected chi connectivity index (χ4v) is 4.27. The summed E-state index contributed by atoms with van der Waals surface area (Å²) in [7, 11) is 0. The highest BCUT2D eigenvalue weighted by Gasteiger charge is 2.12. The smallest absolute Gasteiger partial charge is 0.271 e. The molecule has 1 amide bonds. The first-order valence-electron chi connectivity index (χ1n) is 8.99. The van der Waals surface area contributed by atoms with Crippen molar-refractivity contribution in [1.82, 2.24) is 4.57 Å². The van der Waals surface area contributed by atoms with Crippen molar-refractivity contribution < 1.29 is 9.72 Å². The molecule has 0 unspecified atom stereocenters. The first-order valence-corrected chi connectivity index (χ1v) is 9.81. The molecule has 0 spiro atoms. The molecule has 0 atom stereocenters. The molecule has 0 saturated carbocycles. The topological polar surface area (TPSA) is 77.5 Å². The van der Waals surface area contributed by atoms with E-state index in [1.54, 1.807) is 16.7 Å². The number of non-ortho nitro benzene ring substituents is 1. The molecule has 0 radical (unpaired) electrons. The zero-order valence-electron chi connectivity index (χ0n) is 15.4. The van der Waals surface area contributed by atoms with E-state index in [2.05, 4.69) is 11.6 Å². The maximum Gasteiger partial charge on any atom is 0.271 e. The Morgan fingerprint density at radius 3 is 2.69 bits per heavy atom. The fraction of sp³-hybridized carbons (Fsp3) is 0.0909. The highest BCUT2D eigenvalue weighted by molar-refractivity contribution is 7.16. The number of aromatic nitrogens is 1. The van der Waals surface area contributed by atoms with Gasteiger partial charge in [0.05, 0.1) is 21.6 Å². The van der Waals surface area contributed by atoms with Gasteiger partial charge < -0.3 is 4.57 Å². The SMILES string of the molecule is C=CCn1c(=NC(=O)Cc2ccc3ccccc3c2)sc2ccc([N+](=O)[O-])cc21. The minimum absolute atomic E-state index is 0.00199. The number of carbonyl (C=O) groups excluding carboxylic acids is 1. The lowest BCUT2D eigenvalue weighted by atomic mass is 10.1. The Labute approximate surface area is 170 Å². The zero-order valence-corrected chi connectivity index (χ0v) is 16.3. The minimum atomic E-state index is -0.433. The summed E-state index contributed by atoms with van der Waals surface area (Å²) in [4.78, 5) is 28.1. The van der Waals surface area contributed by atoms with E-state index in [0.717, 1.165) is 21.0 Å². The quantitative estimate of drug-likeness (QED) is 0.277. The number of nitro benzene ring substituents is 1. The molecule has 3 aromatic carbocycles. The van der Waals surface area contributed by atoms with Crippen molar-refractivity contribution in [2.24, 2.45) is 4.99 Å². The molecule has 0 saturated heterocycles. The number of hydrogen-bond acceptors (Lipinski definition) is 4. The van der Waals surface area contributed by atoms with Crippen molar-refractivity contribution in [3.8, 4) is 0 Å². The third kappa shape index (κ3) is 3.86. The van der Waals surface area contributed by atoms with Gasteiger partial charge in [0, 0.05) is 18.7 Å². The zero-order chi connectivity index (χ0) is 20.4. The summed E-state index contributed by atoms with van der Waals surface area (Å²) >= 11 is 1.33. The molecule has 0 N–H and O–H groups in total. The summed E-state index contributed by atoms with van der Waals surface area (Å²) in [5.41, 5.74) is 1.56. The first-order chi connectivity index (χ1) is 14.0. The number of allylic oxidation sites excluding steroid dienone is 1. The third-order valence-corrected chi connectivity index (χ3v) is 5.64. The molecule has 0 aliphatic heterocycles. The highest BCUT2D eigenvalue weighted by atomic mass is 32.1. The number of hydrogen-bond donors (Lipinski definition) is 0. The first kappa shape index (κ1) is 18.8. The van der Waals surface area contributed by atoms with E-state index in [1.165, 1.54) is 23.5 Å². The number of carbonyl (C=O) groups is 1. The average Bonchev–Trinajstić information content (AvgIpc) is 3.04. The molecule has 0 bridgehead atoms. The van der Waals surface area contributed by atoms with Crippen LogP contribution in [0.4, 0.5) is 5.69 Å². The lowest BCUT2D eigenvalue weighted by molar-refractivity contribution is -0.384. The molecule has 0 aliphatic carbocycles. The van der Waals surface area contributed by atoms with E-state index >= 15 is 0 Å². The number of fused-ring (bicyclic) bond motifs is 2. The standard InChI is InChI=1S/C22H17N3O3S/c1-2-11-24-19-14-18(25(27)28)9-10-20(19)29-22(24)23-21(26)13-15-7-8-16-5-3-4-6-17(16)12-15/h2-10,12,14H,1,11,13H2. The van der Waals surface area contributed by atoms with Crippen molar-refractivity contribution in [3.63, 3.8) is 0 Å². The van der Waals surface area contributed by atoms with Crippen LogP contribution in [0.1, 0.15) is 5.56 Å². The number of nitrogens with zero attached hydrogens (tertiary/aromatic N) is 3. The van der Waals surface area contributed by atoms with E-state index < -0.39 is 4.92 Å². The summed E-state index contributed by atoms with van der Waals surface area (Å²) in [5, 5.41) is 13.3. The van der Waals surface area contributed by atoms with Crippen LogP contribution in [0.25, 0.3) is 21.0 Å². The van der Waals surface area contributed by atoms with E-state index in [0.29, 0.717) is 16.9 Å². The van der Waals surface area contributed by atoms with Crippen molar-refractivity contribution in [2.75, 3.05) is 0 Å². The number of thiazole rings is 1. The van der Waals surface area contributed by atoms with Crippen LogP contribution in [0.3, 0.4) is 0 Å². The molecule has 29 heavy (non-hydrogen) atoms. The van der Waals surface area contributed by atoms with Gasteiger partial charge in [-0.3, -0.25) is 14.9 Å². The minimum Gasteiger partial charge on any atom is -0.312 e. The molecule has 1 heterocycles. The van der Waals surface area contributed by atoms with Crippen LogP contribution in [0.2, 0.25) is 0 Å². The monoisotopic (exact) mass is 403 g/mol. The molecule has 0 fully saturated rings. The summed E-state index contributed by atoms with van der Waals surface area (Å²) in [6, 6.07) is 18.5. The van der Waals surface area contributed by atoms with Crippen LogP contribution >= 0.6 is 11.3 Å². The molecular weight excluding hydrogens is 386 g/mol. The van der Waals surface area contributed by atoms with Crippen molar-refractivity contribution in [3.05, 3.63) is 93.8 Å². The molecule has 144 valence electrons. The van der Waals surface area contributed by atoms with E-state index in [4.69, 9.17) is 0 Å². The summed E-state index contributed by atoms with van der Waals surface area (Å²) in [6.07, 6.45) is 1.87. The van der Waals surface area contributed by atoms with Crippen LogP contribution in [0.5, 0.6) is 0 Å². The van der Waals surface area contributed by atoms with Crippen molar-refractivity contribution >= 4 is 43.9 Å². The number of benzene rings is 3. The highest BCUT2D eigenvalue weighted by Crippen LogP contribution is 2.23. The predicted molar refractivity (Wildman–Crippen MR) is 115 cm³/mol. The van der Waals surface area contributed by atoms with Crippen LogP contribution in [0, 0.1) is 10.1 Å². The molecule has 7 heteroatoms. The lowest BCUT2D eigenvalue weighted by Gasteiger charge is -2.02. The lowest BCUT2D eigenvalue weighted by Crippen LogP contribution is -2.17. The maximum absolute atomic E-state index is 12.6. The van der Waals surface area contributed by atoms with Gasteiger partial charge in [-0.25, -0.2) is 0 Å². The summed E-state index contributed by atoms with van der Waals surface area (Å²) in [5.74, 6) is -0.265. The van der Waals surface area contributed by atoms with E-state index in [9.17, 15) is 14.9 Å². The second-order valence-corrected chi connectivity index (χ2v) is 7.57. The summed E-state index contributed by atoms with van der Waals surface area (Å²) < 4.78 is 2.60. The van der Waals surface area contributed by atoms with Crippen LogP contribution in [0.15, 0.2) is 78.3 Å². The molecular formula is C22H17N3O3S. The summed E-state index contributed by atoms with van der Waals surface area (Å²) in [6.45, 7) is 4.15. The number of amides is 1. The Hall–Kier alpha value is -3.58. The largest absolute Gasteiger partial charge is 0.312 e. The second-order valence-electron chi connectivity index (χ2n) is 6.56. The maximum atomic E-state index is 12.6. The van der Waals surface area contributed by atoms with Gasteiger partial charge in [-0.2, -0.15) is 4.99 Å². The Balaban J connectivity index is 1.71. The fourth-order valence-electron chi connectivity index (χ4n) is 3.23. The van der Waals surface area contributed by atoms with Gasteiger partial charge in [-0.1, -0.05) is 59.9 Å². The van der Waals surface area contributed by atoms with Gasteiger partial charge in [0.25, 0.3) is 11.6 Å². The van der Waals surface area contributed by atoms with E-state index in [1.807, 2.05) is 42.5 Å². The van der Waals surface area contributed by atoms with E-state index in [-0.39, 0.29) is 18.0 Å².